The molecule has 1 amide bonds. The molecule has 5 heteroatoms. The topological polar surface area (TPSA) is 56.7 Å². The quantitative estimate of drug-likeness (QED) is 0.620. The summed E-state index contributed by atoms with van der Waals surface area (Å²) in [5, 5.41) is 6.93. The van der Waals surface area contributed by atoms with Crippen LogP contribution in [0, 0.1) is 17.8 Å². The SMILES string of the molecule is CCNC(=NCC1C2Cc3ccccc3C12)NC1CCN(C(=O)C(C)C)C1. The lowest BCUT2D eigenvalue weighted by Gasteiger charge is -2.20. The monoisotopic (exact) mass is 368 g/mol. The lowest BCUT2D eigenvalue weighted by Crippen LogP contribution is -2.45. The van der Waals surface area contributed by atoms with Crippen LogP contribution in [0.15, 0.2) is 29.3 Å². The lowest BCUT2D eigenvalue weighted by atomic mass is 10.0. The molecule has 27 heavy (non-hydrogen) atoms. The van der Waals surface area contributed by atoms with Crippen molar-refractivity contribution >= 4 is 11.9 Å². The molecule has 2 fully saturated rings. The van der Waals surface area contributed by atoms with Gasteiger partial charge in [-0.05, 0) is 48.6 Å². The average molecular weight is 369 g/mol. The molecule has 0 bridgehead atoms. The second kappa shape index (κ2) is 7.53. The summed E-state index contributed by atoms with van der Waals surface area (Å²) in [6, 6.07) is 9.18. The van der Waals surface area contributed by atoms with Crippen LogP contribution in [-0.4, -0.2) is 49.0 Å². The maximum absolute atomic E-state index is 12.2. The number of hydrogen-bond acceptors (Lipinski definition) is 2. The van der Waals surface area contributed by atoms with Crippen LogP contribution >= 0.6 is 0 Å². The van der Waals surface area contributed by atoms with E-state index in [1.54, 1.807) is 11.1 Å². The highest BCUT2D eigenvalue weighted by molar-refractivity contribution is 5.81. The van der Waals surface area contributed by atoms with Gasteiger partial charge < -0.3 is 15.5 Å². The van der Waals surface area contributed by atoms with Crippen LogP contribution in [-0.2, 0) is 11.2 Å². The molecule has 0 radical (unpaired) electrons. The van der Waals surface area contributed by atoms with E-state index in [0.29, 0.717) is 12.0 Å². The second-order valence-electron chi connectivity index (χ2n) is 8.54. The Morgan fingerprint density at radius 2 is 2.15 bits per heavy atom. The molecule has 1 heterocycles. The highest BCUT2D eigenvalue weighted by Crippen LogP contribution is 2.61. The number of benzene rings is 1. The van der Waals surface area contributed by atoms with Crippen LogP contribution in [0.2, 0.25) is 0 Å². The Morgan fingerprint density at radius 3 is 2.93 bits per heavy atom. The third kappa shape index (κ3) is 3.69. The first kappa shape index (κ1) is 18.3. The highest BCUT2D eigenvalue weighted by Gasteiger charge is 2.54. The first-order chi connectivity index (χ1) is 13.1. The van der Waals surface area contributed by atoms with Crippen molar-refractivity contribution in [2.45, 2.75) is 45.6 Å². The van der Waals surface area contributed by atoms with E-state index in [1.807, 2.05) is 18.7 Å². The van der Waals surface area contributed by atoms with Crippen LogP contribution in [0.25, 0.3) is 0 Å². The number of carbonyl (C=O) groups excluding carboxylic acids is 1. The van der Waals surface area contributed by atoms with Crippen molar-refractivity contribution < 1.29 is 4.79 Å². The molecule has 146 valence electrons. The summed E-state index contributed by atoms with van der Waals surface area (Å²) in [5.74, 6) is 3.43. The second-order valence-corrected chi connectivity index (χ2v) is 8.54. The average Bonchev–Trinajstić information content (AvgIpc) is 2.99. The van der Waals surface area contributed by atoms with Gasteiger partial charge in [0.05, 0.1) is 0 Å². The van der Waals surface area contributed by atoms with Crippen LogP contribution in [0.3, 0.4) is 0 Å². The molecule has 4 rings (SSSR count). The molecule has 1 aliphatic heterocycles. The van der Waals surface area contributed by atoms with Gasteiger partial charge in [-0.3, -0.25) is 9.79 Å². The Morgan fingerprint density at radius 1 is 1.33 bits per heavy atom. The van der Waals surface area contributed by atoms with Crippen LogP contribution in [0.5, 0.6) is 0 Å². The van der Waals surface area contributed by atoms with E-state index in [9.17, 15) is 4.79 Å². The molecule has 2 aliphatic carbocycles. The molecule has 5 nitrogen and oxygen atoms in total. The standard InChI is InChI=1S/C22H32N4O/c1-4-23-22(25-16-9-10-26(13-16)21(27)14(2)3)24-12-19-18-11-15-7-5-6-8-17(15)20(18)19/h5-8,14,16,18-20H,4,9-13H2,1-3H3,(H2,23,24,25). The van der Waals surface area contributed by atoms with Gasteiger partial charge in [0.2, 0.25) is 5.91 Å². The Balaban J connectivity index is 1.32. The fourth-order valence-electron chi connectivity index (χ4n) is 4.89. The number of guanidine groups is 1. The van der Waals surface area contributed by atoms with Crippen molar-refractivity contribution in [1.82, 2.24) is 15.5 Å². The molecule has 2 N–H and O–H groups in total. The normalized spacial score (nSPS) is 28.9. The van der Waals surface area contributed by atoms with Gasteiger partial charge >= 0.3 is 0 Å². The Bertz CT molecular complexity index is 729. The van der Waals surface area contributed by atoms with E-state index < -0.39 is 0 Å². The van der Waals surface area contributed by atoms with E-state index in [0.717, 1.165) is 50.4 Å². The summed E-state index contributed by atoms with van der Waals surface area (Å²) in [7, 11) is 0. The van der Waals surface area contributed by atoms with Crippen LogP contribution in [0.4, 0.5) is 0 Å². The van der Waals surface area contributed by atoms with Crippen molar-refractivity contribution in [3.63, 3.8) is 0 Å². The van der Waals surface area contributed by atoms with E-state index in [-0.39, 0.29) is 11.8 Å². The number of hydrogen-bond donors (Lipinski definition) is 2. The van der Waals surface area contributed by atoms with Gasteiger partial charge in [0.15, 0.2) is 5.96 Å². The van der Waals surface area contributed by atoms with E-state index >= 15 is 0 Å². The highest BCUT2D eigenvalue weighted by atomic mass is 16.2. The third-order valence-electron chi connectivity index (χ3n) is 6.34. The van der Waals surface area contributed by atoms with Crippen molar-refractivity contribution in [2.24, 2.45) is 22.7 Å². The molecule has 0 aromatic heterocycles. The van der Waals surface area contributed by atoms with Gasteiger partial charge in [0, 0.05) is 38.1 Å². The predicted octanol–water partition coefficient (Wildman–Crippen LogP) is 2.38. The number of nitrogens with one attached hydrogen (secondary N) is 2. The van der Waals surface area contributed by atoms with Crippen LogP contribution < -0.4 is 10.6 Å². The molecule has 0 spiro atoms. The summed E-state index contributed by atoms with van der Waals surface area (Å²) in [6.07, 6.45) is 2.21. The number of amides is 1. The van der Waals surface area contributed by atoms with Gasteiger partial charge in [-0.25, -0.2) is 0 Å². The van der Waals surface area contributed by atoms with Crippen molar-refractivity contribution in [2.75, 3.05) is 26.2 Å². The third-order valence-corrected chi connectivity index (χ3v) is 6.34. The molecule has 1 aromatic carbocycles. The number of likely N-dealkylation sites (tertiary alicyclic amines) is 1. The molecular formula is C22H32N4O. The summed E-state index contributed by atoms with van der Waals surface area (Å²) in [5.41, 5.74) is 3.10. The smallest absolute Gasteiger partial charge is 0.225 e. The van der Waals surface area contributed by atoms with E-state index in [4.69, 9.17) is 4.99 Å². The van der Waals surface area contributed by atoms with Crippen molar-refractivity contribution in [3.8, 4) is 0 Å². The Labute approximate surface area is 162 Å². The fraction of sp³-hybridized carbons (Fsp3) is 0.636. The zero-order valence-electron chi connectivity index (χ0n) is 16.7. The largest absolute Gasteiger partial charge is 0.357 e. The van der Waals surface area contributed by atoms with Gasteiger partial charge in [0.1, 0.15) is 0 Å². The first-order valence-electron chi connectivity index (χ1n) is 10.5. The fourth-order valence-corrected chi connectivity index (χ4v) is 4.89. The minimum Gasteiger partial charge on any atom is -0.357 e. The zero-order valence-corrected chi connectivity index (χ0v) is 16.7. The summed E-state index contributed by atoms with van der Waals surface area (Å²) in [4.78, 5) is 19.1. The van der Waals surface area contributed by atoms with Gasteiger partial charge in [-0.15, -0.1) is 0 Å². The number of carbonyl (C=O) groups is 1. The number of rotatable bonds is 5. The predicted molar refractivity (Wildman–Crippen MR) is 109 cm³/mol. The Kier molecular flexibility index (Phi) is 5.11. The first-order valence-corrected chi connectivity index (χ1v) is 10.5. The van der Waals surface area contributed by atoms with E-state index in [1.165, 1.54) is 6.42 Å². The maximum atomic E-state index is 12.2. The summed E-state index contributed by atoms with van der Waals surface area (Å²) >= 11 is 0. The lowest BCUT2D eigenvalue weighted by molar-refractivity contribution is -0.133. The molecule has 4 atom stereocenters. The number of aliphatic imine (C=N–C) groups is 1. The summed E-state index contributed by atoms with van der Waals surface area (Å²) in [6.45, 7) is 9.41. The van der Waals surface area contributed by atoms with Gasteiger partial charge in [-0.1, -0.05) is 38.1 Å². The van der Waals surface area contributed by atoms with Gasteiger partial charge in [0.25, 0.3) is 0 Å². The van der Waals surface area contributed by atoms with Crippen LogP contribution in [0.1, 0.15) is 44.2 Å². The zero-order chi connectivity index (χ0) is 19.0. The molecule has 1 saturated carbocycles. The maximum Gasteiger partial charge on any atom is 0.225 e. The Hall–Kier alpha value is -2.04. The molecular weight excluding hydrogens is 336 g/mol. The van der Waals surface area contributed by atoms with Crippen molar-refractivity contribution in [1.29, 1.82) is 0 Å². The summed E-state index contributed by atoms with van der Waals surface area (Å²) < 4.78 is 0. The molecule has 4 unspecified atom stereocenters. The molecule has 1 aromatic rings. The molecule has 3 aliphatic rings. The minimum absolute atomic E-state index is 0.0720. The van der Waals surface area contributed by atoms with Gasteiger partial charge in [-0.2, -0.15) is 0 Å². The number of nitrogens with zero attached hydrogens (tertiary/aromatic N) is 2. The van der Waals surface area contributed by atoms with E-state index in [2.05, 4.69) is 41.8 Å². The van der Waals surface area contributed by atoms with Crippen molar-refractivity contribution in [3.05, 3.63) is 35.4 Å². The number of fused-ring (bicyclic) bond motifs is 3. The minimum atomic E-state index is 0.0720. The molecule has 1 saturated heterocycles.